The molecule has 2 heterocycles. The molecule has 2 aliphatic rings. The molecule has 0 saturated carbocycles. The van der Waals surface area contributed by atoms with Crippen molar-refractivity contribution in [2.75, 3.05) is 72.1 Å². The molecule has 0 bridgehead atoms. The van der Waals surface area contributed by atoms with E-state index in [1.807, 2.05) is 0 Å². The molecule has 0 radical (unpaired) electrons. The maximum Gasteiger partial charge on any atom is 0.191 e. The lowest BCUT2D eigenvalue weighted by Gasteiger charge is -2.26. The van der Waals surface area contributed by atoms with E-state index in [2.05, 4.69) is 27.4 Å². The molecule has 0 aromatic heterocycles. The van der Waals surface area contributed by atoms with Crippen LogP contribution in [-0.4, -0.2) is 87.9 Å². The van der Waals surface area contributed by atoms with E-state index >= 15 is 0 Å². The van der Waals surface area contributed by atoms with Crippen LogP contribution in [0, 0.1) is 0 Å². The fourth-order valence-electron chi connectivity index (χ4n) is 3.52. The lowest BCUT2D eigenvalue weighted by atomic mass is 10.2. The molecule has 2 rings (SSSR count). The Morgan fingerprint density at radius 1 is 0.880 bits per heavy atom. The van der Waals surface area contributed by atoms with Gasteiger partial charge in [-0.05, 0) is 58.8 Å². The van der Waals surface area contributed by atoms with Crippen LogP contribution in [0.15, 0.2) is 4.99 Å². The second kappa shape index (κ2) is 13.4. The summed E-state index contributed by atoms with van der Waals surface area (Å²) >= 11 is 0. The molecule has 0 amide bonds. The van der Waals surface area contributed by atoms with Crippen LogP contribution in [0.5, 0.6) is 0 Å². The van der Waals surface area contributed by atoms with Crippen LogP contribution in [0.4, 0.5) is 0 Å². The van der Waals surface area contributed by atoms with Gasteiger partial charge in [-0.3, -0.25) is 9.89 Å². The third-order valence-electron chi connectivity index (χ3n) is 4.99. The van der Waals surface area contributed by atoms with Gasteiger partial charge >= 0.3 is 0 Å². The number of guanidine groups is 1. The number of morpholine rings is 1. The molecule has 0 atom stereocenters. The van der Waals surface area contributed by atoms with Crippen LogP contribution in [0.25, 0.3) is 0 Å². The van der Waals surface area contributed by atoms with Crippen molar-refractivity contribution in [2.45, 2.75) is 45.4 Å². The van der Waals surface area contributed by atoms with E-state index in [-0.39, 0.29) is 0 Å². The first kappa shape index (κ1) is 20.5. The molecule has 2 fully saturated rings. The van der Waals surface area contributed by atoms with Crippen LogP contribution >= 0.6 is 0 Å². The van der Waals surface area contributed by atoms with Crippen LogP contribution in [0.3, 0.4) is 0 Å². The number of hydrogen-bond donors (Lipinski definition) is 2. The Balaban J connectivity index is 1.56. The fraction of sp³-hybridized carbons (Fsp3) is 0.947. The largest absolute Gasteiger partial charge is 0.379 e. The number of rotatable bonds is 9. The van der Waals surface area contributed by atoms with Crippen LogP contribution in [0.2, 0.25) is 0 Å². The molecule has 0 aliphatic carbocycles. The Hall–Kier alpha value is -0.850. The minimum absolute atomic E-state index is 0.883. The van der Waals surface area contributed by atoms with E-state index < -0.39 is 0 Å². The highest BCUT2D eigenvalue weighted by molar-refractivity contribution is 5.79. The van der Waals surface area contributed by atoms with Crippen LogP contribution in [0.1, 0.15) is 45.4 Å². The molecule has 6 nitrogen and oxygen atoms in total. The highest BCUT2D eigenvalue weighted by Gasteiger charge is 2.10. The van der Waals surface area contributed by atoms with Crippen LogP contribution in [-0.2, 0) is 4.74 Å². The van der Waals surface area contributed by atoms with Gasteiger partial charge < -0.3 is 20.3 Å². The third-order valence-corrected chi connectivity index (χ3v) is 4.99. The topological polar surface area (TPSA) is 52.1 Å². The van der Waals surface area contributed by atoms with Gasteiger partial charge in [-0.15, -0.1) is 0 Å². The van der Waals surface area contributed by atoms with Gasteiger partial charge in [0.05, 0.1) is 13.2 Å². The summed E-state index contributed by atoms with van der Waals surface area (Å²) in [6.45, 7) is 13.8. The normalized spacial score (nSPS) is 21.1. The Kier molecular flexibility index (Phi) is 10.9. The first-order valence-corrected chi connectivity index (χ1v) is 10.4. The standard InChI is InChI=1S/C19H39N5O/c1-2-20-19(22-10-8-14-24-15-17-25-18-16-24)21-9-7-13-23-11-5-3-4-6-12-23/h2-18H2,1H3,(H2,20,21,22). The van der Waals surface area contributed by atoms with Crippen molar-refractivity contribution >= 4 is 5.96 Å². The molecule has 0 aromatic rings. The van der Waals surface area contributed by atoms with E-state index in [0.29, 0.717) is 0 Å². The zero-order chi connectivity index (χ0) is 17.6. The molecule has 2 saturated heterocycles. The summed E-state index contributed by atoms with van der Waals surface area (Å²) in [4.78, 5) is 9.84. The molecule has 25 heavy (non-hydrogen) atoms. The molecule has 0 unspecified atom stereocenters. The highest BCUT2D eigenvalue weighted by atomic mass is 16.5. The number of nitrogens with zero attached hydrogens (tertiary/aromatic N) is 3. The fourth-order valence-corrected chi connectivity index (χ4v) is 3.52. The summed E-state index contributed by atoms with van der Waals surface area (Å²) in [6, 6.07) is 0. The third kappa shape index (κ3) is 9.42. The second-order valence-corrected chi connectivity index (χ2v) is 7.10. The summed E-state index contributed by atoms with van der Waals surface area (Å²) in [6.07, 6.45) is 7.87. The second-order valence-electron chi connectivity index (χ2n) is 7.10. The Morgan fingerprint density at radius 2 is 1.56 bits per heavy atom. The van der Waals surface area contributed by atoms with Crippen molar-refractivity contribution < 1.29 is 4.74 Å². The molecule has 0 aromatic carbocycles. The molecule has 6 heteroatoms. The zero-order valence-corrected chi connectivity index (χ0v) is 16.3. The van der Waals surface area contributed by atoms with Gasteiger partial charge in [-0.25, -0.2) is 0 Å². The smallest absolute Gasteiger partial charge is 0.191 e. The zero-order valence-electron chi connectivity index (χ0n) is 16.3. The summed E-state index contributed by atoms with van der Waals surface area (Å²) in [5.74, 6) is 0.973. The first-order chi connectivity index (χ1) is 12.4. The van der Waals surface area contributed by atoms with Crippen molar-refractivity contribution in [2.24, 2.45) is 4.99 Å². The summed E-state index contributed by atoms with van der Waals surface area (Å²) < 4.78 is 5.39. The number of hydrogen-bond acceptors (Lipinski definition) is 4. The van der Waals surface area contributed by atoms with Crippen molar-refractivity contribution in [3.63, 3.8) is 0 Å². The van der Waals surface area contributed by atoms with Gasteiger partial charge in [-0.2, -0.15) is 0 Å². The van der Waals surface area contributed by atoms with E-state index in [4.69, 9.17) is 9.73 Å². The van der Waals surface area contributed by atoms with Crippen molar-refractivity contribution in [1.29, 1.82) is 0 Å². The predicted octanol–water partition coefficient (Wildman–Crippen LogP) is 1.53. The van der Waals surface area contributed by atoms with Gasteiger partial charge in [0.15, 0.2) is 5.96 Å². The number of aliphatic imine (C=N–C) groups is 1. The lowest BCUT2D eigenvalue weighted by Crippen LogP contribution is -2.40. The number of ether oxygens (including phenoxy) is 1. The molecule has 2 N–H and O–H groups in total. The SMILES string of the molecule is CCNC(=NCCCN1CCCCCC1)NCCCN1CCOCC1. The van der Waals surface area contributed by atoms with Crippen LogP contribution < -0.4 is 10.6 Å². The van der Waals surface area contributed by atoms with Gasteiger partial charge in [0, 0.05) is 32.7 Å². The van der Waals surface area contributed by atoms with Gasteiger partial charge in [0.1, 0.15) is 0 Å². The van der Waals surface area contributed by atoms with Gasteiger partial charge in [0.25, 0.3) is 0 Å². The maximum atomic E-state index is 5.39. The summed E-state index contributed by atoms with van der Waals surface area (Å²) in [5, 5.41) is 6.84. The predicted molar refractivity (Wildman–Crippen MR) is 105 cm³/mol. The summed E-state index contributed by atoms with van der Waals surface area (Å²) in [7, 11) is 0. The van der Waals surface area contributed by atoms with Crippen molar-refractivity contribution in [3.8, 4) is 0 Å². The van der Waals surface area contributed by atoms with Gasteiger partial charge in [0.2, 0.25) is 0 Å². The number of nitrogens with one attached hydrogen (secondary N) is 2. The van der Waals surface area contributed by atoms with Crippen molar-refractivity contribution in [1.82, 2.24) is 20.4 Å². The summed E-state index contributed by atoms with van der Waals surface area (Å²) in [5.41, 5.74) is 0. The Morgan fingerprint density at radius 3 is 2.28 bits per heavy atom. The van der Waals surface area contributed by atoms with Gasteiger partial charge in [-0.1, -0.05) is 12.8 Å². The molecular formula is C19H39N5O. The Labute approximate surface area is 154 Å². The van der Waals surface area contributed by atoms with E-state index in [1.165, 1.54) is 45.3 Å². The quantitative estimate of drug-likeness (QED) is 0.374. The van der Waals surface area contributed by atoms with E-state index in [0.717, 1.165) is 71.3 Å². The first-order valence-electron chi connectivity index (χ1n) is 10.4. The molecule has 146 valence electrons. The monoisotopic (exact) mass is 353 g/mol. The Bertz CT molecular complexity index is 350. The lowest BCUT2D eigenvalue weighted by molar-refractivity contribution is 0.0376. The molecule has 0 spiro atoms. The minimum atomic E-state index is 0.883. The number of likely N-dealkylation sites (tertiary alicyclic amines) is 1. The molecule has 2 aliphatic heterocycles. The average Bonchev–Trinajstić information content (AvgIpc) is 2.92. The molecular weight excluding hydrogens is 314 g/mol. The van der Waals surface area contributed by atoms with E-state index in [9.17, 15) is 0 Å². The average molecular weight is 354 g/mol. The van der Waals surface area contributed by atoms with E-state index in [1.54, 1.807) is 0 Å². The van der Waals surface area contributed by atoms with Crippen molar-refractivity contribution in [3.05, 3.63) is 0 Å². The minimum Gasteiger partial charge on any atom is -0.379 e. The maximum absolute atomic E-state index is 5.39. The highest BCUT2D eigenvalue weighted by Crippen LogP contribution is 2.09.